The first kappa shape index (κ1) is 8.61. The molecule has 12 heavy (non-hydrogen) atoms. The van der Waals surface area contributed by atoms with Gasteiger partial charge in [0.1, 0.15) is 5.76 Å². The molecule has 0 radical (unpaired) electrons. The molecule has 0 aliphatic heterocycles. The zero-order valence-electron chi connectivity index (χ0n) is 7.18. The smallest absolute Gasteiger partial charge is 0.335 e. The molecule has 62 valence electrons. The van der Waals surface area contributed by atoms with Crippen LogP contribution in [0.15, 0.2) is 21.3 Å². The third-order valence-corrected chi connectivity index (χ3v) is 1.42. The summed E-state index contributed by atoms with van der Waals surface area (Å²) in [5.41, 5.74) is 0.464. The van der Waals surface area contributed by atoms with Crippen molar-refractivity contribution in [3.63, 3.8) is 0 Å². The molecule has 0 aliphatic rings. The molecule has 0 fully saturated rings. The van der Waals surface area contributed by atoms with Crippen molar-refractivity contribution in [2.24, 2.45) is 0 Å². The van der Waals surface area contributed by atoms with E-state index in [2.05, 4.69) is 11.8 Å². The fraction of sp³-hybridized carbons (Fsp3) is 0.300. The van der Waals surface area contributed by atoms with Gasteiger partial charge < -0.3 is 4.42 Å². The number of rotatable bonds is 0. The fourth-order valence-corrected chi connectivity index (χ4v) is 0.822. The molecule has 0 N–H and O–H groups in total. The van der Waals surface area contributed by atoms with Crippen molar-refractivity contribution in [1.82, 2.24) is 0 Å². The predicted octanol–water partition coefficient (Wildman–Crippen LogP) is 1.71. The molecule has 2 nitrogen and oxygen atoms in total. The van der Waals surface area contributed by atoms with Gasteiger partial charge in [0.05, 0.1) is 5.56 Å². The SMILES string of the molecule is CCC#Cc1ccc(=O)oc1C. The molecule has 1 aromatic heterocycles. The normalized spacial score (nSPS) is 8.83. The van der Waals surface area contributed by atoms with Crippen molar-refractivity contribution in [2.45, 2.75) is 20.3 Å². The molecule has 2 heteroatoms. The van der Waals surface area contributed by atoms with Gasteiger partial charge in [-0.05, 0) is 13.0 Å². The molecule has 0 atom stereocenters. The van der Waals surface area contributed by atoms with Crippen molar-refractivity contribution in [1.29, 1.82) is 0 Å². The second-order valence-corrected chi connectivity index (χ2v) is 2.38. The summed E-state index contributed by atoms with van der Waals surface area (Å²) in [7, 11) is 0. The summed E-state index contributed by atoms with van der Waals surface area (Å²) in [5.74, 6) is 6.41. The van der Waals surface area contributed by atoms with Gasteiger partial charge in [-0.1, -0.05) is 18.8 Å². The third kappa shape index (κ3) is 2.00. The second-order valence-electron chi connectivity index (χ2n) is 2.38. The maximum absolute atomic E-state index is 10.7. The zero-order valence-corrected chi connectivity index (χ0v) is 7.18. The Morgan fingerprint density at radius 2 is 2.25 bits per heavy atom. The van der Waals surface area contributed by atoms with Crippen LogP contribution in [0.1, 0.15) is 24.7 Å². The first-order chi connectivity index (χ1) is 5.74. The van der Waals surface area contributed by atoms with E-state index >= 15 is 0 Å². The van der Waals surface area contributed by atoms with Crippen LogP contribution < -0.4 is 5.63 Å². The van der Waals surface area contributed by atoms with Crippen LogP contribution in [-0.4, -0.2) is 0 Å². The summed E-state index contributed by atoms with van der Waals surface area (Å²) in [6, 6.07) is 3.07. The molecule has 0 saturated carbocycles. The molecule has 0 aliphatic carbocycles. The van der Waals surface area contributed by atoms with Crippen LogP contribution in [0.3, 0.4) is 0 Å². The Kier molecular flexibility index (Phi) is 2.71. The number of hydrogen-bond acceptors (Lipinski definition) is 2. The van der Waals surface area contributed by atoms with Gasteiger partial charge in [0.25, 0.3) is 0 Å². The van der Waals surface area contributed by atoms with Gasteiger partial charge in [-0.2, -0.15) is 0 Å². The molecule has 0 bridgehead atoms. The van der Waals surface area contributed by atoms with E-state index in [0.717, 1.165) is 12.0 Å². The van der Waals surface area contributed by atoms with Crippen molar-refractivity contribution >= 4 is 0 Å². The Hall–Kier alpha value is -1.49. The van der Waals surface area contributed by atoms with Crippen LogP contribution in [0, 0.1) is 18.8 Å². The van der Waals surface area contributed by atoms with Gasteiger partial charge in [-0.15, -0.1) is 0 Å². The van der Waals surface area contributed by atoms with E-state index in [-0.39, 0.29) is 5.63 Å². The Bertz CT molecular complexity index is 377. The highest BCUT2D eigenvalue weighted by Gasteiger charge is 1.95. The summed E-state index contributed by atoms with van der Waals surface area (Å²) >= 11 is 0. The van der Waals surface area contributed by atoms with Gasteiger partial charge in [0.2, 0.25) is 0 Å². The Morgan fingerprint density at radius 1 is 1.50 bits per heavy atom. The molecule has 0 spiro atoms. The van der Waals surface area contributed by atoms with Crippen molar-refractivity contribution in [3.05, 3.63) is 33.9 Å². The standard InChI is InChI=1S/C10H10O2/c1-3-4-5-9-6-7-10(11)12-8(9)2/h6-7H,3H2,1-2H3. The minimum atomic E-state index is -0.324. The highest BCUT2D eigenvalue weighted by molar-refractivity contribution is 5.35. The molecule has 1 aromatic rings. The van der Waals surface area contributed by atoms with Crippen molar-refractivity contribution < 1.29 is 4.42 Å². The molecular formula is C10H10O2. The molecule has 0 amide bonds. The molecule has 1 rings (SSSR count). The minimum absolute atomic E-state index is 0.324. The van der Waals surface area contributed by atoms with Crippen LogP contribution in [0.5, 0.6) is 0 Å². The lowest BCUT2D eigenvalue weighted by molar-refractivity contribution is 0.478. The molecule has 0 unspecified atom stereocenters. The van der Waals surface area contributed by atoms with Crippen molar-refractivity contribution in [3.8, 4) is 11.8 Å². The van der Waals surface area contributed by atoms with Crippen LogP contribution in [0.25, 0.3) is 0 Å². The fourth-order valence-electron chi connectivity index (χ4n) is 0.822. The lowest BCUT2D eigenvalue weighted by Gasteiger charge is -1.92. The highest BCUT2D eigenvalue weighted by Crippen LogP contribution is 2.01. The first-order valence-electron chi connectivity index (χ1n) is 3.83. The Morgan fingerprint density at radius 3 is 2.83 bits per heavy atom. The Labute approximate surface area is 71.2 Å². The summed E-state index contributed by atoms with van der Waals surface area (Å²) in [6.07, 6.45) is 0.804. The Balaban J connectivity index is 3.10. The van der Waals surface area contributed by atoms with Gasteiger partial charge >= 0.3 is 5.63 Å². The highest BCUT2D eigenvalue weighted by atomic mass is 16.4. The monoisotopic (exact) mass is 162 g/mol. The van der Waals surface area contributed by atoms with E-state index in [1.54, 1.807) is 13.0 Å². The van der Waals surface area contributed by atoms with E-state index in [0.29, 0.717) is 5.76 Å². The average Bonchev–Trinajstić information content (AvgIpc) is 2.03. The number of aryl methyl sites for hydroxylation is 1. The van der Waals surface area contributed by atoms with Gasteiger partial charge in [0.15, 0.2) is 0 Å². The largest absolute Gasteiger partial charge is 0.427 e. The topological polar surface area (TPSA) is 30.2 Å². The van der Waals surface area contributed by atoms with Gasteiger partial charge in [0, 0.05) is 12.5 Å². The lowest BCUT2D eigenvalue weighted by atomic mass is 10.2. The first-order valence-corrected chi connectivity index (χ1v) is 3.83. The van der Waals surface area contributed by atoms with Gasteiger partial charge in [-0.25, -0.2) is 4.79 Å². The van der Waals surface area contributed by atoms with Crippen LogP contribution in [0.4, 0.5) is 0 Å². The summed E-state index contributed by atoms with van der Waals surface area (Å²) in [6.45, 7) is 3.71. The summed E-state index contributed by atoms with van der Waals surface area (Å²) < 4.78 is 4.85. The molecule has 0 saturated heterocycles. The van der Waals surface area contributed by atoms with Crippen LogP contribution in [-0.2, 0) is 0 Å². The summed E-state index contributed by atoms with van der Waals surface area (Å²) in [5, 5.41) is 0. The van der Waals surface area contributed by atoms with Crippen LogP contribution in [0.2, 0.25) is 0 Å². The van der Waals surface area contributed by atoms with Crippen LogP contribution >= 0.6 is 0 Å². The lowest BCUT2D eigenvalue weighted by Crippen LogP contribution is -1.97. The van der Waals surface area contributed by atoms with Crippen molar-refractivity contribution in [2.75, 3.05) is 0 Å². The van der Waals surface area contributed by atoms with E-state index in [1.807, 2.05) is 6.92 Å². The summed E-state index contributed by atoms with van der Waals surface area (Å²) in [4.78, 5) is 10.7. The maximum Gasteiger partial charge on any atom is 0.335 e. The molecule has 0 aromatic carbocycles. The van der Waals surface area contributed by atoms with E-state index in [1.165, 1.54) is 6.07 Å². The number of hydrogen-bond donors (Lipinski definition) is 0. The maximum atomic E-state index is 10.7. The minimum Gasteiger partial charge on any atom is -0.427 e. The third-order valence-electron chi connectivity index (χ3n) is 1.42. The van der Waals surface area contributed by atoms with E-state index < -0.39 is 0 Å². The van der Waals surface area contributed by atoms with E-state index in [9.17, 15) is 4.79 Å². The molecular weight excluding hydrogens is 152 g/mol. The second kappa shape index (κ2) is 3.77. The van der Waals surface area contributed by atoms with E-state index in [4.69, 9.17) is 4.42 Å². The zero-order chi connectivity index (χ0) is 8.97. The molecule has 1 heterocycles. The quantitative estimate of drug-likeness (QED) is 0.543. The predicted molar refractivity (Wildman–Crippen MR) is 46.9 cm³/mol. The average molecular weight is 162 g/mol. The van der Waals surface area contributed by atoms with Gasteiger partial charge in [-0.3, -0.25) is 0 Å².